The number of nitrogens with zero attached hydrogens (tertiary/aromatic N) is 2. The molecule has 2 aromatic carbocycles. The summed E-state index contributed by atoms with van der Waals surface area (Å²) in [5, 5.41) is 0. The van der Waals surface area contributed by atoms with Crippen LogP contribution in [0.1, 0.15) is 11.1 Å². The summed E-state index contributed by atoms with van der Waals surface area (Å²) in [7, 11) is 4.24. The Morgan fingerprint density at radius 3 is 1.76 bits per heavy atom. The van der Waals surface area contributed by atoms with Crippen molar-refractivity contribution in [1.29, 1.82) is 0 Å². The summed E-state index contributed by atoms with van der Waals surface area (Å²) in [6, 6.07) is 17.2. The van der Waals surface area contributed by atoms with Crippen LogP contribution in [-0.4, -0.2) is 32.1 Å². The highest BCUT2D eigenvalue weighted by atomic mass is 35.5. The van der Waals surface area contributed by atoms with Crippen molar-refractivity contribution in [2.24, 2.45) is 0 Å². The summed E-state index contributed by atoms with van der Waals surface area (Å²) in [6.45, 7) is 2.02. The van der Waals surface area contributed by atoms with E-state index in [1.165, 1.54) is 22.5 Å². The zero-order valence-corrected chi connectivity index (χ0v) is 13.3. The van der Waals surface area contributed by atoms with Gasteiger partial charge in [0.15, 0.2) is 0 Å². The first kappa shape index (κ1) is 15.6. The van der Waals surface area contributed by atoms with Gasteiger partial charge in [0.25, 0.3) is 0 Å². The van der Waals surface area contributed by atoms with Crippen molar-refractivity contribution in [3.8, 4) is 0 Å². The fraction of sp³-hybridized carbons (Fsp3) is 0.222. The highest BCUT2D eigenvalue weighted by Crippen LogP contribution is 2.35. The Kier molecular flexibility index (Phi) is 5.05. The third kappa shape index (κ3) is 3.29. The molecule has 3 rings (SSSR count). The first-order valence-corrected chi connectivity index (χ1v) is 7.04. The van der Waals surface area contributed by atoms with E-state index in [0.29, 0.717) is 0 Å². The molecule has 0 radical (unpaired) electrons. The van der Waals surface area contributed by atoms with Crippen LogP contribution in [0.4, 0.5) is 11.4 Å². The molecule has 0 saturated carbocycles. The van der Waals surface area contributed by atoms with Gasteiger partial charge < -0.3 is 9.80 Å². The Morgan fingerprint density at radius 2 is 1.29 bits per heavy atom. The van der Waals surface area contributed by atoms with E-state index in [9.17, 15) is 0 Å². The number of anilines is 2. The maximum Gasteiger partial charge on any atom is 0.0484 e. The third-order valence-corrected chi connectivity index (χ3v) is 3.67. The lowest BCUT2D eigenvalue weighted by Gasteiger charge is -2.28. The number of halogens is 1. The van der Waals surface area contributed by atoms with Crippen LogP contribution < -0.4 is 4.90 Å². The molecule has 110 valence electrons. The maximum atomic E-state index is 2.42. The summed E-state index contributed by atoms with van der Waals surface area (Å²) in [6.07, 6.45) is 4.42. The van der Waals surface area contributed by atoms with E-state index in [4.69, 9.17) is 0 Å². The summed E-state index contributed by atoms with van der Waals surface area (Å²) < 4.78 is 0. The minimum Gasteiger partial charge on any atom is -0.339 e. The fourth-order valence-electron chi connectivity index (χ4n) is 2.60. The van der Waals surface area contributed by atoms with Gasteiger partial charge in [0.1, 0.15) is 0 Å². The zero-order chi connectivity index (χ0) is 13.9. The molecule has 0 saturated heterocycles. The number of rotatable bonds is 3. The quantitative estimate of drug-likeness (QED) is 0.834. The third-order valence-electron chi connectivity index (χ3n) is 3.67. The predicted octanol–water partition coefficient (Wildman–Crippen LogP) is 4.29. The van der Waals surface area contributed by atoms with E-state index in [2.05, 4.69) is 84.6 Å². The lowest BCUT2D eigenvalue weighted by atomic mass is 10.1. The Bertz CT molecular complexity index is 585. The number of fused-ring (bicyclic) bond motifs is 2. The molecule has 0 unspecified atom stereocenters. The summed E-state index contributed by atoms with van der Waals surface area (Å²) in [5.41, 5.74) is 5.14. The minimum atomic E-state index is 0. The van der Waals surface area contributed by atoms with Gasteiger partial charge in [-0.05, 0) is 37.4 Å². The van der Waals surface area contributed by atoms with Crippen molar-refractivity contribution >= 4 is 35.9 Å². The second kappa shape index (κ2) is 6.79. The number of hydrogen-bond acceptors (Lipinski definition) is 2. The van der Waals surface area contributed by atoms with Crippen LogP contribution in [0.5, 0.6) is 0 Å². The van der Waals surface area contributed by atoms with Crippen LogP contribution in [0.3, 0.4) is 0 Å². The second-order valence-electron chi connectivity index (χ2n) is 5.41. The van der Waals surface area contributed by atoms with Crippen molar-refractivity contribution in [3.05, 3.63) is 59.7 Å². The molecule has 0 amide bonds. The molecular formula is C18H21ClN2. The first-order chi connectivity index (χ1) is 9.75. The standard InChI is InChI=1S/C18H20N2.ClH/c1-19(2)13-14-20-17-9-5-3-7-15(17)11-12-16-8-4-6-10-18(16)20;/h3-12H,13-14H2,1-2H3;1H. The molecular weight excluding hydrogens is 280 g/mol. The van der Waals surface area contributed by atoms with Gasteiger partial charge in [-0.15, -0.1) is 12.4 Å². The molecule has 1 heterocycles. The Balaban J connectivity index is 0.00000161. The average molecular weight is 301 g/mol. The minimum absolute atomic E-state index is 0. The van der Waals surface area contributed by atoms with Crippen LogP contribution >= 0.6 is 12.4 Å². The average Bonchev–Trinajstić information content (AvgIpc) is 2.62. The molecule has 2 aromatic rings. The topological polar surface area (TPSA) is 6.48 Å². The van der Waals surface area contributed by atoms with Gasteiger partial charge in [-0.25, -0.2) is 0 Å². The van der Waals surface area contributed by atoms with Gasteiger partial charge in [-0.2, -0.15) is 0 Å². The monoisotopic (exact) mass is 300 g/mol. The van der Waals surface area contributed by atoms with Crippen molar-refractivity contribution < 1.29 is 0 Å². The first-order valence-electron chi connectivity index (χ1n) is 7.04. The second-order valence-corrected chi connectivity index (χ2v) is 5.41. The van der Waals surface area contributed by atoms with Gasteiger partial charge in [0, 0.05) is 24.5 Å². The van der Waals surface area contributed by atoms with E-state index in [1.54, 1.807) is 0 Å². The Labute approximate surface area is 133 Å². The molecule has 0 aromatic heterocycles. The molecule has 2 nitrogen and oxygen atoms in total. The van der Waals surface area contributed by atoms with Crippen LogP contribution in [0, 0.1) is 0 Å². The molecule has 3 heteroatoms. The van der Waals surface area contributed by atoms with Crippen LogP contribution in [0.15, 0.2) is 48.5 Å². The van der Waals surface area contributed by atoms with Gasteiger partial charge in [-0.1, -0.05) is 48.6 Å². The summed E-state index contributed by atoms with van der Waals surface area (Å²) in [4.78, 5) is 4.65. The summed E-state index contributed by atoms with van der Waals surface area (Å²) >= 11 is 0. The fourth-order valence-corrected chi connectivity index (χ4v) is 2.60. The van der Waals surface area contributed by atoms with Gasteiger partial charge in [0.2, 0.25) is 0 Å². The van der Waals surface area contributed by atoms with Crippen molar-refractivity contribution in [2.45, 2.75) is 0 Å². The Hall–Kier alpha value is -1.77. The normalized spacial score (nSPS) is 12.4. The van der Waals surface area contributed by atoms with Crippen LogP contribution in [0.2, 0.25) is 0 Å². The molecule has 1 aliphatic rings. The molecule has 21 heavy (non-hydrogen) atoms. The van der Waals surface area contributed by atoms with E-state index < -0.39 is 0 Å². The molecule has 0 bridgehead atoms. The number of likely N-dealkylation sites (N-methyl/N-ethyl adjacent to an activating group) is 1. The van der Waals surface area contributed by atoms with Crippen LogP contribution in [-0.2, 0) is 0 Å². The maximum absolute atomic E-state index is 2.42. The summed E-state index contributed by atoms with van der Waals surface area (Å²) in [5.74, 6) is 0. The van der Waals surface area contributed by atoms with Gasteiger partial charge in [-0.3, -0.25) is 0 Å². The SMILES string of the molecule is CN(C)CCN1c2ccccc2C=Cc2ccccc21.Cl. The van der Waals surface area contributed by atoms with Crippen molar-refractivity contribution in [2.75, 3.05) is 32.1 Å². The lowest BCUT2D eigenvalue weighted by Crippen LogP contribution is -2.28. The Morgan fingerprint density at radius 1 is 0.810 bits per heavy atom. The number of para-hydroxylation sites is 2. The molecule has 1 aliphatic heterocycles. The number of benzene rings is 2. The molecule has 0 fully saturated rings. The van der Waals surface area contributed by atoms with E-state index in [0.717, 1.165) is 13.1 Å². The highest BCUT2D eigenvalue weighted by Gasteiger charge is 2.16. The van der Waals surface area contributed by atoms with Crippen molar-refractivity contribution in [1.82, 2.24) is 4.90 Å². The van der Waals surface area contributed by atoms with Gasteiger partial charge >= 0.3 is 0 Å². The van der Waals surface area contributed by atoms with E-state index in [-0.39, 0.29) is 12.4 Å². The zero-order valence-electron chi connectivity index (χ0n) is 12.5. The van der Waals surface area contributed by atoms with Gasteiger partial charge in [0.05, 0.1) is 0 Å². The van der Waals surface area contributed by atoms with E-state index in [1.807, 2.05) is 0 Å². The van der Waals surface area contributed by atoms with E-state index >= 15 is 0 Å². The highest BCUT2D eigenvalue weighted by molar-refractivity contribution is 5.88. The molecule has 0 aliphatic carbocycles. The predicted molar refractivity (Wildman–Crippen MR) is 94.6 cm³/mol. The lowest BCUT2D eigenvalue weighted by molar-refractivity contribution is 0.419. The molecule has 0 atom stereocenters. The number of hydrogen-bond donors (Lipinski definition) is 0. The van der Waals surface area contributed by atoms with Crippen LogP contribution in [0.25, 0.3) is 12.2 Å². The largest absolute Gasteiger partial charge is 0.339 e. The van der Waals surface area contributed by atoms with Crippen molar-refractivity contribution in [3.63, 3.8) is 0 Å². The smallest absolute Gasteiger partial charge is 0.0484 e. The molecule has 0 N–H and O–H groups in total. The molecule has 0 spiro atoms.